The van der Waals surface area contributed by atoms with Crippen LogP contribution < -0.4 is 5.32 Å². The molecule has 0 unspecified atom stereocenters. The van der Waals surface area contributed by atoms with E-state index in [1.807, 2.05) is 25.1 Å². The van der Waals surface area contributed by atoms with Gasteiger partial charge in [0, 0.05) is 18.5 Å². The minimum absolute atomic E-state index is 0.0176. The summed E-state index contributed by atoms with van der Waals surface area (Å²) in [5.41, 5.74) is 1.19. The van der Waals surface area contributed by atoms with E-state index in [2.05, 4.69) is 22.6 Å². The van der Waals surface area contributed by atoms with Crippen LogP contribution in [0.4, 0.5) is 5.82 Å². The Labute approximate surface area is 147 Å². The van der Waals surface area contributed by atoms with Crippen molar-refractivity contribution in [1.82, 2.24) is 10.1 Å². The van der Waals surface area contributed by atoms with Crippen molar-refractivity contribution in [2.45, 2.75) is 32.6 Å². The van der Waals surface area contributed by atoms with E-state index >= 15 is 0 Å². The Morgan fingerprint density at radius 1 is 1.32 bits per heavy atom. The third-order valence-electron chi connectivity index (χ3n) is 4.37. The number of aryl methyl sites for hydroxylation is 1. The van der Waals surface area contributed by atoms with Gasteiger partial charge in [-0.2, -0.15) is 0 Å². The Kier molecular flexibility index (Phi) is 5.16. The summed E-state index contributed by atoms with van der Waals surface area (Å²) in [7, 11) is 0. The van der Waals surface area contributed by atoms with Crippen molar-refractivity contribution in [2.24, 2.45) is 5.92 Å². The van der Waals surface area contributed by atoms with Crippen molar-refractivity contribution >= 4 is 17.6 Å². The molecule has 0 radical (unpaired) electrons. The van der Waals surface area contributed by atoms with Gasteiger partial charge >= 0.3 is 0 Å². The van der Waals surface area contributed by atoms with E-state index in [0.29, 0.717) is 18.1 Å². The summed E-state index contributed by atoms with van der Waals surface area (Å²) in [6, 6.07) is 11.7. The Hall–Kier alpha value is -2.63. The molecular formula is C19H23N3O3. The maximum Gasteiger partial charge on any atom is 0.245 e. The van der Waals surface area contributed by atoms with Crippen LogP contribution in [0.2, 0.25) is 0 Å². The number of nitrogens with one attached hydrogen (secondary N) is 1. The molecule has 1 heterocycles. The lowest BCUT2D eigenvalue weighted by Gasteiger charge is -2.21. The van der Waals surface area contributed by atoms with Gasteiger partial charge in [0.15, 0.2) is 5.82 Å². The lowest BCUT2D eigenvalue weighted by atomic mass is 10.1. The van der Waals surface area contributed by atoms with Crippen molar-refractivity contribution in [3.8, 4) is 0 Å². The molecule has 1 aliphatic rings. The number of hydrogen-bond acceptors (Lipinski definition) is 4. The van der Waals surface area contributed by atoms with Crippen LogP contribution >= 0.6 is 0 Å². The molecule has 2 atom stereocenters. The molecule has 1 aromatic heterocycles. The molecule has 25 heavy (non-hydrogen) atoms. The van der Waals surface area contributed by atoms with Crippen LogP contribution in [0.5, 0.6) is 0 Å². The van der Waals surface area contributed by atoms with Crippen molar-refractivity contribution in [3.63, 3.8) is 0 Å². The second kappa shape index (κ2) is 7.51. The standard InChI is InChI=1S/C19H23N3O3/c1-3-9-22(12-18(23)20-17-10-13(2)25-21-17)19(24)16-11-15(16)14-7-5-4-6-8-14/h4-8,10,15-16H,3,9,11-12H2,1-2H3,(H,20,21,23)/t15-,16-/m0/s1. The molecular weight excluding hydrogens is 318 g/mol. The Bertz CT molecular complexity index is 741. The molecule has 0 aliphatic heterocycles. The second-order valence-electron chi connectivity index (χ2n) is 6.49. The highest BCUT2D eigenvalue weighted by Crippen LogP contribution is 2.48. The van der Waals surface area contributed by atoms with Crippen molar-refractivity contribution in [3.05, 3.63) is 47.7 Å². The molecule has 0 bridgehead atoms. The van der Waals surface area contributed by atoms with Crippen LogP contribution in [0.1, 0.15) is 37.0 Å². The van der Waals surface area contributed by atoms with Gasteiger partial charge in [-0.25, -0.2) is 0 Å². The molecule has 0 spiro atoms. The minimum Gasteiger partial charge on any atom is -0.360 e. The maximum atomic E-state index is 12.8. The Morgan fingerprint density at radius 3 is 2.72 bits per heavy atom. The first-order valence-electron chi connectivity index (χ1n) is 8.65. The van der Waals surface area contributed by atoms with Crippen LogP contribution in [-0.4, -0.2) is 35.0 Å². The van der Waals surface area contributed by atoms with Gasteiger partial charge in [-0.1, -0.05) is 42.4 Å². The molecule has 1 N–H and O–H groups in total. The lowest BCUT2D eigenvalue weighted by Crippen LogP contribution is -2.39. The Balaban J connectivity index is 1.59. The van der Waals surface area contributed by atoms with Gasteiger partial charge in [0.1, 0.15) is 5.76 Å². The summed E-state index contributed by atoms with van der Waals surface area (Å²) >= 11 is 0. The molecule has 1 fully saturated rings. The molecule has 3 rings (SSSR count). The summed E-state index contributed by atoms with van der Waals surface area (Å²) in [5.74, 6) is 1.06. The van der Waals surface area contributed by atoms with Crippen LogP contribution in [0.15, 0.2) is 40.9 Å². The van der Waals surface area contributed by atoms with Gasteiger partial charge in [-0.05, 0) is 31.2 Å². The molecule has 1 aromatic carbocycles. The minimum atomic E-state index is -0.257. The SMILES string of the molecule is CCCN(CC(=O)Nc1cc(C)on1)C(=O)[C@H]1C[C@H]1c1ccccc1. The molecule has 1 aliphatic carbocycles. The monoisotopic (exact) mass is 341 g/mol. The summed E-state index contributed by atoms with van der Waals surface area (Å²) in [6.07, 6.45) is 1.66. The number of benzene rings is 1. The topological polar surface area (TPSA) is 75.4 Å². The third kappa shape index (κ3) is 4.26. The van der Waals surface area contributed by atoms with Crippen LogP contribution in [0.3, 0.4) is 0 Å². The first kappa shape index (κ1) is 17.2. The number of hydrogen-bond donors (Lipinski definition) is 1. The van der Waals surface area contributed by atoms with Crippen LogP contribution in [0.25, 0.3) is 0 Å². The van der Waals surface area contributed by atoms with Crippen molar-refractivity contribution in [1.29, 1.82) is 0 Å². The smallest absolute Gasteiger partial charge is 0.245 e. The summed E-state index contributed by atoms with van der Waals surface area (Å²) in [5, 5.41) is 6.41. The van der Waals surface area contributed by atoms with Gasteiger partial charge in [-0.3, -0.25) is 9.59 Å². The molecule has 0 saturated heterocycles. The van der Waals surface area contributed by atoms with E-state index in [4.69, 9.17) is 4.52 Å². The predicted molar refractivity (Wildman–Crippen MR) is 94.0 cm³/mol. The highest BCUT2D eigenvalue weighted by Gasteiger charge is 2.45. The normalized spacial score (nSPS) is 18.6. The summed E-state index contributed by atoms with van der Waals surface area (Å²) in [4.78, 5) is 26.7. The van der Waals surface area contributed by atoms with E-state index in [9.17, 15) is 9.59 Å². The fourth-order valence-corrected chi connectivity index (χ4v) is 3.09. The molecule has 6 heteroatoms. The van der Waals surface area contributed by atoms with Gasteiger partial charge in [0.05, 0.1) is 6.54 Å². The van der Waals surface area contributed by atoms with E-state index in [1.165, 1.54) is 5.56 Å². The van der Waals surface area contributed by atoms with Gasteiger partial charge in [-0.15, -0.1) is 0 Å². The number of nitrogens with zero attached hydrogens (tertiary/aromatic N) is 2. The van der Waals surface area contributed by atoms with E-state index < -0.39 is 0 Å². The van der Waals surface area contributed by atoms with Crippen LogP contribution in [-0.2, 0) is 9.59 Å². The molecule has 1 saturated carbocycles. The fraction of sp³-hybridized carbons (Fsp3) is 0.421. The van der Waals surface area contributed by atoms with Crippen molar-refractivity contribution < 1.29 is 14.1 Å². The van der Waals surface area contributed by atoms with Crippen LogP contribution in [0, 0.1) is 12.8 Å². The quantitative estimate of drug-likeness (QED) is 0.840. The molecule has 2 aromatic rings. The molecule has 2 amide bonds. The number of aromatic nitrogens is 1. The number of rotatable bonds is 7. The highest BCUT2D eigenvalue weighted by atomic mass is 16.5. The average molecular weight is 341 g/mol. The largest absolute Gasteiger partial charge is 0.360 e. The zero-order chi connectivity index (χ0) is 17.8. The van der Waals surface area contributed by atoms with Gasteiger partial charge < -0.3 is 14.7 Å². The lowest BCUT2D eigenvalue weighted by molar-refractivity contribution is -0.136. The number of carbonyl (C=O) groups is 2. The number of amides is 2. The Morgan fingerprint density at radius 2 is 2.08 bits per heavy atom. The summed E-state index contributed by atoms with van der Waals surface area (Å²) < 4.78 is 4.93. The van der Waals surface area contributed by atoms with Gasteiger partial charge in [0.25, 0.3) is 0 Å². The maximum absolute atomic E-state index is 12.8. The molecule has 132 valence electrons. The number of carbonyl (C=O) groups excluding carboxylic acids is 2. The highest BCUT2D eigenvalue weighted by molar-refractivity contribution is 5.94. The number of anilines is 1. The van der Waals surface area contributed by atoms with E-state index in [0.717, 1.165) is 12.8 Å². The zero-order valence-corrected chi connectivity index (χ0v) is 14.6. The van der Waals surface area contributed by atoms with E-state index in [-0.39, 0.29) is 30.2 Å². The zero-order valence-electron chi connectivity index (χ0n) is 14.6. The first-order valence-corrected chi connectivity index (χ1v) is 8.65. The third-order valence-corrected chi connectivity index (χ3v) is 4.37. The van der Waals surface area contributed by atoms with E-state index in [1.54, 1.807) is 17.9 Å². The second-order valence-corrected chi connectivity index (χ2v) is 6.49. The van der Waals surface area contributed by atoms with Crippen molar-refractivity contribution in [2.75, 3.05) is 18.4 Å². The fourth-order valence-electron chi connectivity index (χ4n) is 3.09. The average Bonchev–Trinajstić information content (AvgIpc) is 3.31. The first-order chi connectivity index (χ1) is 12.1. The summed E-state index contributed by atoms with van der Waals surface area (Å²) in [6.45, 7) is 4.37. The predicted octanol–water partition coefficient (Wildman–Crippen LogP) is 2.96. The molecule has 6 nitrogen and oxygen atoms in total. The van der Waals surface area contributed by atoms with Gasteiger partial charge in [0.2, 0.25) is 11.8 Å².